The van der Waals surface area contributed by atoms with Gasteiger partial charge < -0.3 is 5.32 Å². The van der Waals surface area contributed by atoms with E-state index in [1.165, 1.54) is 44.1 Å². The summed E-state index contributed by atoms with van der Waals surface area (Å²) in [6, 6.07) is 10.7. The largest absolute Gasteiger partial charge is 0.356 e. The van der Waals surface area contributed by atoms with Gasteiger partial charge in [-0.3, -0.25) is 4.79 Å². The van der Waals surface area contributed by atoms with Crippen LogP contribution in [-0.2, 0) is 11.2 Å². The number of unbranched alkanes of at least 4 members (excludes halogenated alkanes) is 5. The molecule has 0 atom stereocenters. The van der Waals surface area contributed by atoms with Crippen LogP contribution in [0.4, 0.5) is 0 Å². The number of amides is 1. The maximum atomic E-state index is 11.0. The Morgan fingerprint density at radius 3 is 2.26 bits per heavy atom. The fourth-order valence-electron chi connectivity index (χ4n) is 2.16. The second-order valence-corrected chi connectivity index (χ2v) is 5.06. The number of nitrogens with one attached hydrogen (secondary N) is 1. The highest BCUT2D eigenvalue weighted by Gasteiger charge is 1.96. The summed E-state index contributed by atoms with van der Waals surface area (Å²) in [6.45, 7) is 2.73. The Labute approximate surface area is 117 Å². The van der Waals surface area contributed by atoms with Crippen molar-refractivity contribution in [3.8, 4) is 0 Å². The zero-order valence-electron chi connectivity index (χ0n) is 12.2. The molecule has 0 aliphatic rings. The van der Waals surface area contributed by atoms with Gasteiger partial charge in [0.15, 0.2) is 0 Å². The summed E-state index contributed by atoms with van der Waals surface area (Å²) in [4.78, 5) is 11.0. The molecule has 1 aromatic carbocycles. The molecule has 0 unspecified atom stereocenters. The van der Waals surface area contributed by atoms with Gasteiger partial charge in [-0.15, -0.1) is 0 Å². The van der Waals surface area contributed by atoms with E-state index in [4.69, 9.17) is 0 Å². The number of carbonyl (C=O) groups excluding carboxylic acids is 1. The summed E-state index contributed by atoms with van der Waals surface area (Å²) in [6.07, 6.45) is 9.35. The SMILES string of the molecule is CCC(=O)NCCCCCCCCc1ccccc1. The lowest BCUT2D eigenvalue weighted by molar-refractivity contribution is -0.120. The van der Waals surface area contributed by atoms with Crippen molar-refractivity contribution in [1.82, 2.24) is 5.32 Å². The average molecular weight is 261 g/mol. The second kappa shape index (κ2) is 10.6. The number of rotatable bonds is 10. The summed E-state index contributed by atoms with van der Waals surface area (Å²) in [5.41, 5.74) is 1.45. The molecule has 0 aromatic heterocycles. The Bertz CT molecular complexity index is 334. The van der Waals surface area contributed by atoms with E-state index in [0.717, 1.165) is 13.0 Å². The van der Waals surface area contributed by atoms with E-state index in [-0.39, 0.29) is 5.91 Å². The standard InChI is InChI=1S/C17H27NO/c1-2-17(19)18-15-11-6-4-3-5-8-12-16-13-9-7-10-14-16/h7,9-10,13-14H,2-6,8,11-12,15H2,1H3,(H,18,19). The van der Waals surface area contributed by atoms with Gasteiger partial charge in [-0.05, 0) is 24.8 Å². The Hall–Kier alpha value is -1.31. The van der Waals surface area contributed by atoms with Gasteiger partial charge >= 0.3 is 0 Å². The van der Waals surface area contributed by atoms with E-state index in [1.54, 1.807) is 0 Å². The van der Waals surface area contributed by atoms with Gasteiger partial charge in [0.2, 0.25) is 5.91 Å². The van der Waals surface area contributed by atoms with Crippen LogP contribution in [0.1, 0.15) is 57.4 Å². The molecule has 19 heavy (non-hydrogen) atoms. The molecule has 1 rings (SSSR count). The summed E-state index contributed by atoms with van der Waals surface area (Å²) in [5.74, 6) is 0.169. The van der Waals surface area contributed by atoms with Crippen LogP contribution in [0.5, 0.6) is 0 Å². The normalized spacial score (nSPS) is 10.4. The summed E-state index contributed by atoms with van der Waals surface area (Å²) in [5, 5.41) is 2.92. The zero-order valence-corrected chi connectivity index (χ0v) is 12.2. The predicted octanol–water partition coefficient (Wildman–Crippen LogP) is 4.10. The first-order valence-corrected chi connectivity index (χ1v) is 7.63. The molecule has 0 bridgehead atoms. The smallest absolute Gasteiger partial charge is 0.219 e. The lowest BCUT2D eigenvalue weighted by Gasteiger charge is -2.04. The van der Waals surface area contributed by atoms with Crippen LogP contribution in [0.3, 0.4) is 0 Å². The van der Waals surface area contributed by atoms with Crippen LogP contribution in [0, 0.1) is 0 Å². The highest BCUT2D eigenvalue weighted by Crippen LogP contribution is 2.09. The van der Waals surface area contributed by atoms with Crippen molar-refractivity contribution >= 4 is 5.91 Å². The lowest BCUT2D eigenvalue weighted by atomic mass is 10.1. The highest BCUT2D eigenvalue weighted by molar-refractivity contribution is 5.75. The fourth-order valence-corrected chi connectivity index (χ4v) is 2.16. The maximum Gasteiger partial charge on any atom is 0.219 e. The molecule has 2 heteroatoms. The van der Waals surface area contributed by atoms with E-state index >= 15 is 0 Å². The molecule has 1 aromatic rings. The Kier molecular flexibility index (Phi) is 8.78. The number of hydrogen-bond acceptors (Lipinski definition) is 1. The molecule has 0 fully saturated rings. The van der Waals surface area contributed by atoms with Crippen LogP contribution in [0.25, 0.3) is 0 Å². The van der Waals surface area contributed by atoms with Gasteiger partial charge in [0.1, 0.15) is 0 Å². The average Bonchev–Trinajstić information content (AvgIpc) is 2.46. The summed E-state index contributed by atoms with van der Waals surface area (Å²) >= 11 is 0. The predicted molar refractivity (Wildman–Crippen MR) is 81.1 cm³/mol. The molecule has 1 amide bonds. The molecule has 0 aliphatic heterocycles. The molecule has 106 valence electrons. The Morgan fingerprint density at radius 2 is 1.58 bits per heavy atom. The van der Waals surface area contributed by atoms with Crippen molar-refractivity contribution in [3.63, 3.8) is 0 Å². The van der Waals surface area contributed by atoms with E-state index in [1.807, 2.05) is 6.92 Å². The minimum atomic E-state index is 0.169. The van der Waals surface area contributed by atoms with E-state index < -0.39 is 0 Å². The molecule has 2 nitrogen and oxygen atoms in total. The third-order valence-electron chi connectivity index (χ3n) is 3.38. The zero-order chi connectivity index (χ0) is 13.8. The molecule has 0 saturated carbocycles. The minimum absolute atomic E-state index is 0.169. The van der Waals surface area contributed by atoms with Gasteiger partial charge in [-0.1, -0.05) is 62.9 Å². The number of aryl methyl sites for hydroxylation is 1. The van der Waals surface area contributed by atoms with Crippen molar-refractivity contribution in [2.45, 2.75) is 58.3 Å². The third-order valence-corrected chi connectivity index (χ3v) is 3.38. The molecular formula is C17H27NO. The highest BCUT2D eigenvalue weighted by atomic mass is 16.1. The maximum absolute atomic E-state index is 11.0. The van der Waals surface area contributed by atoms with Crippen LogP contribution in [-0.4, -0.2) is 12.5 Å². The number of benzene rings is 1. The first-order valence-electron chi connectivity index (χ1n) is 7.63. The molecule has 0 spiro atoms. The molecular weight excluding hydrogens is 234 g/mol. The van der Waals surface area contributed by atoms with Crippen LogP contribution < -0.4 is 5.32 Å². The van der Waals surface area contributed by atoms with E-state index in [2.05, 4.69) is 35.6 Å². The molecule has 0 heterocycles. The monoisotopic (exact) mass is 261 g/mol. The molecule has 0 radical (unpaired) electrons. The van der Waals surface area contributed by atoms with Crippen molar-refractivity contribution in [1.29, 1.82) is 0 Å². The first-order chi connectivity index (χ1) is 9.33. The quantitative estimate of drug-likeness (QED) is 0.631. The third kappa shape index (κ3) is 8.41. The summed E-state index contributed by atoms with van der Waals surface area (Å²) in [7, 11) is 0. The minimum Gasteiger partial charge on any atom is -0.356 e. The van der Waals surface area contributed by atoms with Gasteiger partial charge in [0.05, 0.1) is 0 Å². The first kappa shape index (κ1) is 15.7. The van der Waals surface area contributed by atoms with Crippen molar-refractivity contribution < 1.29 is 4.79 Å². The van der Waals surface area contributed by atoms with Gasteiger partial charge in [0.25, 0.3) is 0 Å². The fraction of sp³-hybridized carbons (Fsp3) is 0.588. The lowest BCUT2D eigenvalue weighted by Crippen LogP contribution is -2.23. The van der Waals surface area contributed by atoms with E-state index in [0.29, 0.717) is 6.42 Å². The van der Waals surface area contributed by atoms with E-state index in [9.17, 15) is 4.79 Å². The van der Waals surface area contributed by atoms with Crippen LogP contribution in [0.2, 0.25) is 0 Å². The topological polar surface area (TPSA) is 29.1 Å². The van der Waals surface area contributed by atoms with Crippen molar-refractivity contribution in [2.24, 2.45) is 0 Å². The summed E-state index contributed by atoms with van der Waals surface area (Å²) < 4.78 is 0. The Morgan fingerprint density at radius 1 is 0.947 bits per heavy atom. The van der Waals surface area contributed by atoms with Crippen LogP contribution >= 0.6 is 0 Å². The molecule has 1 N–H and O–H groups in total. The van der Waals surface area contributed by atoms with Crippen LogP contribution in [0.15, 0.2) is 30.3 Å². The molecule has 0 saturated heterocycles. The number of carbonyl (C=O) groups is 1. The Balaban J connectivity index is 1.85. The number of hydrogen-bond donors (Lipinski definition) is 1. The van der Waals surface area contributed by atoms with Gasteiger partial charge in [-0.25, -0.2) is 0 Å². The van der Waals surface area contributed by atoms with Crippen molar-refractivity contribution in [2.75, 3.05) is 6.54 Å². The van der Waals surface area contributed by atoms with Gasteiger partial charge in [-0.2, -0.15) is 0 Å². The molecule has 0 aliphatic carbocycles. The van der Waals surface area contributed by atoms with Crippen molar-refractivity contribution in [3.05, 3.63) is 35.9 Å². The second-order valence-electron chi connectivity index (χ2n) is 5.06. The van der Waals surface area contributed by atoms with Gasteiger partial charge in [0, 0.05) is 13.0 Å².